The van der Waals surface area contributed by atoms with E-state index in [0.29, 0.717) is 17.2 Å². The van der Waals surface area contributed by atoms with E-state index < -0.39 is 41.0 Å². The molecule has 1 aliphatic heterocycles. The van der Waals surface area contributed by atoms with Crippen molar-refractivity contribution in [3.8, 4) is 23.1 Å². The first-order chi connectivity index (χ1) is 19.6. The second-order valence-corrected chi connectivity index (χ2v) is 10.1. The number of piperidine rings is 1. The fourth-order valence-electron chi connectivity index (χ4n) is 5.19. The highest BCUT2D eigenvalue weighted by molar-refractivity contribution is 5.93. The Bertz CT molecular complexity index is 1850. The maximum atomic E-state index is 13.5. The lowest BCUT2D eigenvalue weighted by Crippen LogP contribution is -2.40. The van der Waals surface area contributed by atoms with Crippen molar-refractivity contribution in [3.63, 3.8) is 0 Å². The van der Waals surface area contributed by atoms with E-state index in [2.05, 4.69) is 37.1 Å². The van der Waals surface area contributed by atoms with Crippen molar-refractivity contribution in [2.24, 2.45) is 18.9 Å². The second kappa shape index (κ2) is 9.61. The van der Waals surface area contributed by atoms with Crippen LogP contribution in [0.3, 0.4) is 0 Å². The molecule has 41 heavy (non-hydrogen) atoms. The predicted molar refractivity (Wildman–Crippen MR) is 145 cm³/mol. The zero-order valence-corrected chi connectivity index (χ0v) is 22.4. The van der Waals surface area contributed by atoms with Gasteiger partial charge in [0.15, 0.2) is 11.2 Å². The third kappa shape index (κ3) is 4.33. The van der Waals surface area contributed by atoms with E-state index in [1.807, 2.05) is 0 Å². The van der Waals surface area contributed by atoms with Gasteiger partial charge >= 0.3 is 5.69 Å². The monoisotopic (exact) mass is 561 g/mol. The molecule has 4 aromatic heterocycles. The normalized spacial score (nSPS) is 19.4. The van der Waals surface area contributed by atoms with E-state index in [1.54, 1.807) is 49.3 Å². The Kier molecular flexibility index (Phi) is 6.17. The number of nitrogens with zero attached hydrogens (tertiary/aromatic N) is 8. The van der Waals surface area contributed by atoms with E-state index in [-0.39, 0.29) is 36.6 Å². The standard InChI is InChI=1S/C27H25F2N9O3/c1-4-5-9-37-24(40)21-22(35(3)26(37)41)32-14-38(21)15(2)23(39)34-20-8-6-7-19(33-20)16-10-30-25(31-11-16)36-12-17-18(13-36)27(17,28)29/h6-8,10-11,14-15,17-18H,9,12-13H2,1-3H3,(H,33,34,39)/t15-,17?,18?/m0/s1. The number of hydrogen-bond acceptors (Lipinski definition) is 8. The first-order valence-electron chi connectivity index (χ1n) is 12.9. The average Bonchev–Trinajstić information content (AvgIpc) is 3.40. The van der Waals surface area contributed by atoms with Gasteiger partial charge < -0.3 is 14.8 Å². The number of amides is 1. The summed E-state index contributed by atoms with van der Waals surface area (Å²) in [5.41, 5.74) is 0.204. The molecule has 6 rings (SSSR count). The van der Waals surface area contributed by atoms with Crippen LogP contribution in [0, 0.1) is 23.7 Å². The van der Waals surface area contributed by atoms with Gasteiger partial charge in [0.1, 0.15) is 11.9 Å². The van der Waals surface area contributed by atoms with Crippen LogP contribution in [-0.4, -0.2) is 58.6 Å². The van der Waals surface area contributed by atoms with Gasteiger partial charge in [0.2, 0.25) is 11.9 Å². The molecule has 0 aromatic carbocycles. The summed E-state index contributed by atoms with van der Waals surface area (Å²) in [6.07, 6.45) is 4.48. The Labute approximate surface area is 231 Å². The van der Waals surface area contributed by atoms with E-state index in [9.17, 15) is 23.2 Å². The molecular formula is C27H25F2N9O3. The van der Waals surface area contributed by atoms with Gasteiger partial charge in [-0.25, -0.2) is 38.1 Å². The first-order valence-corrected chi connectivity index (χ1v) is 12.9. The van der Waals surface area contributed by atoms with E-state index in [1.165, 1.54) is 22.5 Å². The van der Waals surface area contributed by atoms with Gasteiger partial charge in [-0.3, -0.25) is 14.2 Å². The van der Waals surface area contributed by atoms with Gasteiger partial charge in [0, 0.05) is 38.1 Å². The van der Waals surface area contributed by atoms with Gasteiger partial charge in [-0.05, 0) is 26.0 Å². The van der Waals surface area contributed by atoms with Crippen LogP contribution in [0.15, 0.2) is 46.5 Å². The van der Waals surface area contributed by atoms with Gasteiger partial charge in [-0.15, -0.1) is 5.92 Å². The largest absolute Gasteiger partial charge is 0.340 e. The maximum Gasteiger partial charge on any atom is 0.333 e. The minimum Gasteiger partial charge on any atom is -0.340 e. The van der Waals surface area contributed by atoms with Crippen LogP contribution in [0.5, 0.6) is 0 Å². The van der Waals surface area contributed by atoms with Gasteiger partial charge in [-0.1, -0.05) is 12.0 Å². The minimum absolute atomic E-state index is 0.0832. The summed E-state index contributed by atoms with van der Waals surface area (Å²) >= 11 is 0. The molecule has 0 spiro atoms. The minimum atomic E-state index is -2.57. The molecule has 2 unspecified atom stereocenters. The van der Waals surface area contributed by atoms with Gasteiger partial charge in [-0.2, -0.15) is 0 Å². The smallest absolute Gasteiger partial charge is 0.333 e. The molecule has 0 bridgehead atoms. The molecule has 1 saturated carbocycles. The van der Waals surface area contributed by atoms with E-state index in [0.717, 1.165) is 4.57 Å². The van der Waals surface area contributed by atoms with Crippen LogP contribution >= 0.6 is 0 Å². The lowest BCUT2D eigenvalue weighted by atomic mass is 10.2. The van der Waals surface area contributed by atoms with Crippen molar-refractivity contribution in [2.75, 3.05) is 23.3 Å². The molecule has 3 atom stereocenters. The highest BCUT2D eigenvalue weighted by atomic mass is 19.3. The highest BCUT2D eigenvalue weighted by Crippen LogP contribution is 2.59. The highest BCUT2D eigenvalue weighted by Gasteiger charge is 2.72. The number of carbonyl (C=O) groups excluding carboxylic acids is 1. The number of nitrogens with one attached hydrogen (secondary N) is 1. The van der Waals surface area contributed by atoms with Crippen LogP contribution < -0.4 is 21.5 Å². The molecule has 0 radical (unpaired) electrons. The molecule has 1 aliphatic carbocycles. The number of carbonyl (C=O) groups is 1. The number of rotatable bonds is 6. The summed E-state index contributed by atoms with van der Waals surface area (Å²) in [6.45, 7) is 3.60. The van der Waals surface area contributed by atoms with Crippen molar-refractivity contribution in [2.45, 2.75) is 32.4 Å². The zero-order chi connectivity index (χ0) is 29.1. The van der Waals surface area contributed by atoms with E-state index >= 15 is 0 Å². The Morgan fingerprint density at radius 1 is 1.17 bits per heavy atom. The van der Waals surface area contributed by atoms with Crippen LogP contribution in [-0.2, 0) is 18.4 Å². The number of anilines is 2. The third-order valence-corrected chi connectivity index (χ3v) is 7.69. The first kappa shape index (κ1) is 26.3. The fraction of sp³-hybridized carbons (Fsp3) is 0.370. The fourth-order valence-corrected chi connectivity index (χ4v) is 5.19. The molecule has 2 aliphatic rings. The van der Waals surface area contributed by atoms with Crippen molar-refractivity contribution in [1.29, 1.82) is 0 Å². The SMILES string of the molecule is CC#CCn1c(=O)c2c(ncn2[C@@H](C)C(=O)Nc2cccc(-c3cnc(N4CC5C(C4)C5(F)F)nc3)n2)n(C)c1=O. The quantitative estimate of drug-likeness (QED) is 0.352. The second-order valence-electron chi connectivity index (χ2n) is 10.1. The van der Waals surface area contributed by atoms with Crippen LogP contribution in [0.1, 0.15) is 19.9 Å². The van der Waals surface area contributed by atoms with Gasteiger partial charge in [0.25, 0.3) is 11.5 Å². The molecule has 14 heteroatoms. The van der Waals surface area contributed by atoms with Crippen LogP contribution in [0.25, 0.3) is 22.4 Å². The molecule has 2 fully saturated rings. The summed E-state index contributed by atoms with van der Waals surface area (Å²) < 4.78 is 30.7. The Morgan fingerprint density at radius 2 is 1.88 bits per heavy atom. The Morgan fingerprint density at radius 3 is 2.56 bits per heavy atom. The molecule has 1 saturated heterocycles. The zero-order valence-electron chi connectivity index (χ0n) is 22.4. The summed E-state index contributed by atoms with van der Waals surface area (Å²) in [4.78, 5) is 58.1. The van der Waals surface area contributed by atoms with Crippen molar-refractivity contribution >= 4 is 28.8 Å². The number of hydrogen-bond donors (Lipinski definition) is 1. The number of fused-ring (bicyclic) bond motifs is 2. The lowest BCUT2D eigenvalue weighted by molar-refractivity contribution is -0.118. The number of pyridine rings is 1. The average molecular weight is 562 g/mol. The molecule has 4 aromatic rings. The van der Waals surface area contributed by atoms with Crippen LogP contribution in [0.4, 0.5) is 20.5 Å². The summed E-state index contributed by atoms with van der Waals surface area (Å²) in [5, 5.41) is 2.75. The topological polar surface area (TPSA) is 133 Å². The molecule has 5 heterocycles. The molecule has 210 valence electrons. The van der Waals surface area contributed by atoms with E-state index in [4.69, 9.17) is 0 Å². The number of aryl methyl sites for hydroxylation is 1. The number of alkyl halides is 2. The third-order valence-electron chi connectivity index (χ3n) is 7.69. The number of imidazole rings is 1. The number of halogens is 2. The molecule has 1 N–H and O–H groups in total. The van der Waals surface area contributed by atoms with Crippen molar-refractivity contribution < 1.29 is 13.6 Å². The summed E-state index contributed by atoms with van der Waals surface area (Å²) in [5.74, 6) is 1.75. The lowest BCUT2D eigenvalue weighted by Gasteiger charge is -2.19. The Hall–Kier alpha value is -4.93. The van der Waals surface area contributed by atoms with Crippen molar-refractivity contribution in [3.05, 3.63) is 57.8 Å². The Balaban J connectivity index is 1.20. The number of aromatic nitrogens is 7. The van der Waals surface area contributed by atoms with Crippen LogP contribution in [0.2, 0.25) is 0 Å². The molecular weight excluding hydrogens is 536 g/mol. The summed E-state index contributed by atoms with van der Waals surface area (Å²) in [7, 11) is 1.50. The maximum absolute atomic E-state index is 13.5. The predicted octanol–water partition coefficient (Wildman–Crippen LogP) is 1.67. The van der Waals surface area contributed by atoms with Crippen molar-refractivity contribution in [1.82, 2.24) is 33.6 Å². The van der Waals surface area contributed by atoms with Gasteiger partial charge in [0.05, 0.1) is 30.4 Å². The summed E-state index contributed by atoms with van der Waals surface area (Å²) in [6, 6.07) is 4.19. The molecule has 12 nitrogen and oxygen atoms in total. The molecule has 1 amide bonds.